The highest BCUT2D eigenvalue weighted by molar-refractivity contribution is 4.81. The second kappa shape index (κ2) is 4.63. The molecule has 0 heterocycles. The van der Waals surface area contributed by atoms with Crippen molar-refractivity contribution in [3.05, 3.63) is 0 Å². The zero-order valence-electron chi connectivity index (χ0n) is 10.1. The topological polar surface area (TPSA) is 0 Å². The molecule has 0 saturated heterocycles. The molecule has 1 saturated carbocycles. The maximum atomic E-state index is 12.6. The monoisotopic (exact) mass is 200 g/mol. The zero-order valence-corrected chi connectivity index (χ0v) is 10.1. The molecule has 1 aliphatic carbocycles. The lowest BCUT2D eigenvalue weighted by Crippen LogP contribution is -2.27. The van der Waals surface area contributed by atoms with E-state index in [9.17, 15) is 4.39 Å². The fourth-order valence-corrected chi connectivity index (χ4v) is 2.72. The van der Waals surface area contributed by atoms with Gasteiger partial charge in [0, 0.05) is 0 Å². The third kappa shape index (κ3) is 3.59. The summed E-state index contributed by atoms with van der Waals surface area (Å²) in [5, 5.41) is 0. The summed E-state index contributed by atoms with van der Waals surface area (Å²) in [6, 6.07) is 0. The average Bonchev–Trinajstić information content (AvgIpc) is 2.06. The minimum Gasteiger partial charge on any atom is -0.251 e. The van der Waals surface area contributed by atoms with Gasteiger partial charge in [0.05, 0.1) is 6.67 Å². The van der Waals surface area contributed by atoms with Gasteiger partial charge in [-0.2, -0.15) is 0 Å². The Hall–Kier alpha value is -0.0700. The van der Waals surface area contributed by atoms with Crippen LogP contribution < -0.4 is 0 Å². The van der Waals surface area contributed by atoms with Crippen molar-refractivity contribution in [1.29, 1.82) is 0 Å². The highest BCUT2D eigenvalue weighted by Gasteiger charge is 2.30. The van der Waals surface area contributed by atoms with Crippen molar-refractivity contribution in [2.75, 3.05) is 6.67 Å². The standard InChI is InChI=1S/C13H25F/c1-10-5-6-11(9-14)7-12(10)8-13(2,3)4/h10-12H,5-9H2,1-4H3/t10?,11-,12-/m1/s1. The van der Waals surface area contributed by atoms with E-state index >= 15 is 0 Å². The minimum absolute atomic E-state index is 0.104. The predicted octanol–water partition coefficient (Wildman–Crippen LogP) is 4.44. The number of hydrogen-bond donors (Lipinski definition) is 0. The van der Waals surface area contributed by atoms with Gasteiger partial charge >= 0.3 is 0 Å². The van der Waals surface area contributed by atoms with E-state index < -0.39 is 0 Å². The van der Waals surface area contributed by atoms with Gasteiger partial charge in [-0.15, -0.1) is 0 Å². The van der Waals surface area contributed by atoms with Crippen molar-refractivity contribution >= 4 is 0 Å². The van der Waals surface area contributed by atoms with Crippen LogP contribution in [0, 0.1) is 23.2 Å². The molecule has 0 N–H and O–H groups in total. The van der Waals surface area contributed by atoms with Gasteiger partial charge < -0.3 is 0 Å². The van der Waals surface area contributed by atoms with E-state index in [4.69, 9.17) is 0 Å². The van der Waals surface area contributed by atoms with Crippen molar-refractivity contribution in [1.82, 2.24) is 0 Å². The van der Waals surface area contributed by atoms with E-state index in [1.54, 1.807) is 0 Å². The highest BCUT2D eigenvalue weighted by Crippen LogP contribution is 2.40. The molecule has 1 aliphatic rings. The van der Waals surface area contributed by atoms with Crippen LogP contribution in [0.15, 0.2) is 0 Å². The molecule has 0 aromatic heterocycles. The van der Waals surface area contributed by atoms with E-state index in [0.29, 0.717) is 11.3 Å². The molecule has 1 fully saturated rings. The smallest absolute Gasteiger partial charge is 0.0922 e. The first-order valence-electron chi connectivity index (χ1n) is 5.98. The quantitative estimate of drug-likeness (QED) is 0.618. The Morgan fingerprint density at radius 1 is 1.21 bits per heavy atom. The van der Waals surface area contributed by atoms with Crippen LogP contribution in [0.25, 0.3) is 0 Å². The zero-order chi connectivity index (χ0) is 10.8. The molecule has 0 spiro atoms. The van der Waals surface area contributed by atoms with Crippen LogP contribution in [0.5, 0.6) is 0 Å². The van der Waals surface area contributed by atoms with Crippen LogP contribution in [0.4, 0.5) is 4.39 Å². The van der Waals surface area contributed by atoms with Crippen molar-refractivity contribution in [2.45, 2.75) is 53.4 Å². The normalized spacial score (nSPS) is 34.5. The summed E-state index contributed by atoms with van der Waals surface area (Å²) in [4.78, 5) is 0. The van der Waals surface area contributed by atoms with Gasteiger partial charge in [-0.1, -0.05) is 34.1 Å². The van der Waals surface area contributed by atoms with E-state index in [1.807, 2.05) is 0 Å². The first-order chi connectivity index (χ1) is 6.42. The van der Waals surface area contributed by atoms with Gasteiger partial charge in [0.15, 0.2) is 0 Å². The third-order valence-electron chi connectivity index (χ3n) is 3.56. The number of alkyl halides is 1. The lowest BCUT2D eigenvalue weighted by molar-refractivity contribution is 0.126. The van der Waals surface area contributed by atoms with Gasteiger partial charge in [-0.05, 0) is 42.4 Å². The summed E-state index contributed by atoms with van der Waals surface area (Å²) in [6.07, 6.45) is 4.72. The maximum Gasteiger partial charge on any atom is 0.0922 e. The number of halogens is 1. The molecule has 0 bridgehead atoms. The Kier molecular flexibility index (Phi) is 3.97. The van der Waals surface area contributed by atoms with Gasteiger partial charge in [-0.25, -0.2) is 0 Å². The Morgan fingerprint density at radius 3 is 2.36 bits per heavy atom. The molecule has 1 heteroatoms. The summed E-state index contributed by atoms with van der Waals surface area (Å²) >= 11 is 0. The molecule has 0 aliphatic heterocycles. The molecule has 1 rings (SSSR count). The Bertz CT molecular complexity index is 169. The third-order valence-corrected chi connectivity index (χ3v) is 3.56. The van der Waals surface area contributed by atoms with E-state index in [1.165, 1.54) is 12.8 Å². The van der Waals surface area contributed by atoms with Crippen molar-refractivity contribution in [3.63, 3.8) is 0 Å². The van der Waals surface area contributed by atoms with Crippen LogP contribution in [0.2, 0.25) is 0 Å². The SMILES string of the molecule is CC1CC[C@@H](CF)C[C@@H]1CC(C)(C)C. The van der Waals surface area contributed by atoms with Crippen LogP contribution in [0.3, 0.4) is 0 Å². The van der Waals surface area contributed by atoms with Crippen LogP contribution in [-0.4, -0.2) is 6.67 Å². The van der Waals surface area contributed by atoms with Gasteiger partial charge in [-0.3, -0.25) is 4.39 Å². The van der Waals surface area contributed by atoms with Crippen LogP contribution in [0.1, 0.15) is 53.4 Å². The lowest BCUT2D eigenvalue weighted by atomic mass is 9.69. The average molecular weight is 200 g/mol. The van der Waals surface area contributed by atoms with Crippen molar-refractivity contribution in [2.24, 2.45) is 23.2 Å². The van der Waals surface area contributed by atoms with Crippen LogP contribution in [-0.2, 0) is 0 Å². The highest BCUT2D eigenvalue weighted by atomic mass is 19.1. The molecule has 0 nitrogen and oxygen atoms in total. The van der Waals surface area contributed by atoms with E-state index in [-0.39, 0.29) is 6.67 Å². The molecule has 0 amide bonds. The Labute approximate surface area is 88.3 Å². The molecule has 1 unspecified atom stereocenters. The van der Waals surface area contributed by atoms with E-state index in [0.717, 1.165) is 24.7 Å². The number of hydrogen-bond acceptors (Lipinski definition) is 0. The summed E-state index contributed by atoms with van der Waals surface area (Å²) < 4.78 is 12.6. The summed E-state index contributed by atoms with van der Waals surface area (Å²) in [5.41, 5.74) is 0.400. The van der Waals surface area contributed by atoms with Crippen molar-refractivity contribution in [3.8, 4) is 0 Å². The second-order valence-electron chi connectivity index (χ2n) is 6.34. The summed E-state index contributed by atoms with van der Waals surface area (Å²) in [6.45, 7) is 9.11. The van der Waals surface area contributed by atoms with Gasteiger partial charge in [0.25, 0.3) is 0 Å². The predicted molar refractivity (Wildman–Crippen MR) is 60.0 cm³/mol. The van der Waals surface area contributed by atoms with Crippen molar-refractivity contribution < 1.29 is 4.39 Å². The Balaban J connectivity index is 2.48. The molecule has 0 aromatic rings. The summed E-state index contributed by atoms with van der Waals surface area (Å²) in [7, 11) is 0. The largest absolute Gasteiger partial charge is 0.251 e. The van der Waals surface area contributed by atoms with Crippen LogP contribution >= 0.6 is 0 Å². The van der Waals surface area contributed by atoms with Gasteiger partial charge in [0.2, 0.25) is 0 Å². The maximum absolute atomic E-state index is 12.6. The fraction of sp³-hybridized carbons (Fsp3) is 1.00. The molecule has 0 aromatic carbocycles. The summed E-state index contributed by atoms with van der Waals surface area (Å²) in [5.74, 6) is 1.92. The lowest BCUT2D eigenvalue weighted by Gasteiger charge is -2.37. The molecular formula is C13H25F. The van der Waals surface area contributed by atoms with E-state index in [2.05, 4.69) is 27.7 Å². The minimum atomic E-state index is -0.104. The fourth-order valence-electron chi connectivity index (χ4n) is 2.72. The molecule has 0 radical (unpaired) electrons. The molecule has 3 atom stereocenters. The number of rotatable bonds is 2. The Morgan fingerprint density at radius 2 is 1.86 bits per heavy atom. The molecular weight excluding hydrogens is 175 g/mol. The molecule has 84 valence electrons. The first-order valence-corrected chi connectivity index (χ1v) is 5.98. The molecule has 14 heavy (non-hydrogen) atoms. The second-order valence-corrected chi connectivity index (χ2v) is 6.34. The first kappa shape index (κ1) is 12.0. The van der Waals surface area contributed by atoms with Gasteiger partial charge in [0.1, 0.15) is 0 Å².